The lowest BCUT2D eigenvalue weighted by atomic mass is 9.92. The first-order chi connectivity index (χ1) is 10.3. The molecule has 0 saturated carbocycles. The lowest BCUT2D eigenvalue weighted by molar-refractivity contribution is 0.0876. The zero-order valence-electron chi connectivity index (χ0n) is 13.0. The summed E-state index contributed by atoms with van der Waals surface area (Å²) in [6.07, 6.45) is 2.47. The van der Waals surface area contributed by atoms with E-state index in [2.05, 4.69) is 30.0 Å². The molecule has 0 amide bonds. The summed E-state index contributed by atoms with van der Waals surface area (Å²) in [4.78, 5) is 2.38. The van der Waals surface area contributed by atoms with Gasteiger partial charge in [-0.25, -0.2) is 0 Å². The molecule has 2 heterocycles. The van der Waals surface area contributed by atoms with Crippen molar-refractivity contribution in [3.05, 3.63) is 23.8 Å². The largest absolute Gasteiger partial charge is 0.496 e. The maximum absolute atomic E-state index is 6.00. The highest BCUT2D eigenvalue weighted by molar-refractivity contribution is 5.54. The Balaban J connectivity index is 1.89. The van der Waals surface area contributed by atoms with E-state index in [1.165, 1.54) is 11.3 Å². The number of anilines is 1. The normalized spacial score (nSPS) is 26.1. The molecule has 0 N–H and O–H groups in total. The number of nitrogens with zero attached hydrogens (tertiary/aromatic N) is 1. The van der Waals surface area contributed by atoms with Crippen LogP contribution < -0.4 is 9.64 Å². The fourth-order valence-corrected chi connectivity index (χ4v) is 3.36. The van der Waals surface area contributed by atoms with Gasteiger partial charge in [0, 0.05) is 30.9 Å². The van der Waals surface area contributed by atoms with Crippen molar-refractivity contribution >= 4 is 5.69 Å². The minimum absolute atomic E-state index is 0.172. The Kier molecular flexibility index (Phi) is 4.66. The molecule has 1 aromatic carbocycles. The van der Waals surface area contributed by atoms with Gasteiger partial charge in [0.1, 0.15) is 5.75 Å². The van der Waals surface area contributed by atoms with E-state index >= 15 is 0 Å². The first-order valence-electron chi connectivity index (χ1n) is 7.95. The second-order valence-electron chi connectivity index (χ2n) is 5.77. The third-order valence-corrected chi connectivity index (χ3v) is 4.63. The van der Waals surface area contributed by atoms with Crippen LogP contribution in [0.2, 0.25) is 0 Å². The molecule has 2 saturated heterocycles. The minimum Gasteiger partial charge on any atom is -0.496 e. The lowest BCUT2D eigenvalue weighted by Crippen LogP contribution is -2.36. The molecule has 116 valence electrons. The first kappa shape index (κ1) is 14.7. The summed E-state index contributed by atoms with van der Waals surface area (Å²) in [5.41, 5.74) is 2.45. The van der Waals surface area contributed by atoms with E-state index in [1.807, 2.05) is 0 Å². The van der Waals surface area contributed by atoms with Crippen molar-refractivity contribution in [2.45, 2.75) is 25.9 Å². The summed E-state index contributed by atoms with van der Waals surface area (Å²) in [6, 6.07) is 6.47. The second-order valence-corrected chi connectivity index (χ2v) is 5.77. The molecule has 21 heavy (non-hydrogen) atoms. The van der Waals surface area contributed by atoms with Crippen molar-refractivity contribution in [1.29, 1.82) is 0 Å². The van der Waals surface area contributed by atoms with E-state index < -0.39 is 0 Å². The summed E-state index contributed by atoms with van der Waals surface area (Å²) in [6.45, 7) is 6.61. The molecule has 2 unspecified atom stereocenters. The zero-order chi connectivity index (χ0) is 14.7. The van der Waals surface area contributed by atoms with Crippen molar-refractivity contribution in [3.63, 3.8) is 0 Å². The standard InChI is InChI=1S/C17H25NO3/c1-3-13-6-9-21-17(13)15-12-14(4-5-16(15)19-2)18-7-10-20-11-8-18/h4-5,12-13,17H,3,6-11H2,1-2H3. The van der Waals surface area contributed by atoms with Crippen LogP contribution in [-0.4, -0.2) is 40.0 Å². The van der Waals surface area contributed by atoms with Gasteiger partial charge in [-0.3, -0.25) is 0 Å². The molecule has 1 aromatic rings. The van der Waals surface area contributed by atoms with Gasteiger partial charge in [-0.1, -0.05) is 13.3 Å². The summed E-state index contributed by atoms with van der Waals surface area (Å²) in [5.74, 6) is 1.54. The van der Waals surface area contributed by atoms with Crippen LogP contribution in [0.4, 0.5) is 5.69 Å². The quantitative estimate of drug-likeness (QED) is 0.853. The summed E-state index contributed by atoms with van der Waals surface area (Å²) >= 11 is 0. The number of rotatable bonds is 4. The number of hydrogen-bond donors (Lipinski definition) is 0. The van der Waals surface area contributed by atoms with Gasteiger partial charge < -0.3 is 19.1 Å². The molecule has 0 spiro atoms. The lowest BCUT2D eigenvalue weighted by Gasteiger charge is -2.30. The smallest absolute Gasteiger partial charge is 0.124 e. The average Bonchev–Trinajstić information content (AvgIpc) is 3.03. The van der Waals surface area contributed by atoms with Crippen molar-refractivity contribution in [2.24, 2.45) is 5.92 Å². The molecular formula is C17H25NO3. The molecule has 0 aromatic heterocycles. The predicted molar refractivity (Wildman–Crippen MR) is 83.1 cm³/mol. The van der Waals surface area contributed by atoms with Crippen LogP contribution in [0.15, 0.2) is 18.2 Å². The maximum Gasteiger partial charge on any atom is 0.124 e. The third kappa shape index (κ3) is 3.01. The predicted octanol–water partition coefficient (Wildman–Crippen LogP) is 3.02. The number of benzene rings is 1. The second kappa shape index (κ2) is 6.67. The molecular weight excluding hydrogens is 266 g/mol. The highest BCUT2D eigenvalue weighted by Crippen LogP contribution is 2.41. The molecule has 0 bridgehead atoms. The number of methoxy groups -OCH3 is 1. The van der Waals surface area contributed by atoms with Crippen molar-refractivity contribution < 1.29 is 14.2 Å². The molecule has 0 aliphatic carbocycles. The van der Waals surface area contributed by atoms with Gasteiger partial charge in [0.15, 0.2) is 0 Å². The molecule has 2 aliphatic rings. The van der Waals surface area contributed by atoms with E-state index in [1.54, 1.807) is 7.11 Å². The monoisotopic (exact) mass is 291 g/mol. The molecule has 3 rings (SSSR count). The van der Waals surface area contributed by atoms with Crippen molar-refractivity contribution in [1.82, 2.24) is 0 Å². The zero-order valence-corrected chi connectivity index (χ0v) is 13.0. The van der Waals surface area contributed by atoms with Crippen LogP contribution in [0.3, 0.4) is 0 Å². The van der Waals surface area contributed by atoms with Crippen LogP contribution in [0.25, 0.3) is 0 Å². The number of hydrogen-bond acceptors (Lipinski definition) is 4. The van der Waals surface area contributed by atoms with Gasteiger partial charge in [0.2, 0.25) is 0 Å². The van der Waals surface area contributed by atoms with Gasteiger partial charge >= 0.3 is 0 Å². The summed E-state index contributed by atoms with van der Waals surface area (Å²) in [7, 11) is 1.74. The molecule has 0 radical (unpaired) electrons. The molecule has 2 atom stereocenters. The number of morpholine rings is 1. The van der Waals surface area contributed by atoms with Gasteiger partial charge in [0.05, 0.1) is 26.4 Å². The van der Waals surface area contributed by atoms with Crippen LogP contribution in [0.5, 0.6) is 5.75 Å². The summed E-state index contributed by atoms with van der Waals surface area (Å²) < 4.78 is 17.0. The Hall–Kier alpha value is -1.26. The van der Waals surface area contributed by atoms with Crippen molar-refractivity contribution in [2.75, 3.05) is 44.9 Å². The van der Waals surface area contributed by atoms with Crippen LogP contribution >= 0.6 is 0 Å². The Morgan fingerprint density at radius 3 is 2.76 bits per heavy atom. The first-order valence-corrected chi connectivity index (χ1v) is 7.95. The Morgan fingerprint density at radius 1 is 1.24 bits per heavy atom. The SMILES string of the molecule is CCC1CCOC1c1cc(N2CCOCC2)ccc1OC. The topological polar surface area (TPSA) is 30.9 Å². The molecule has 2 aliphatic heterocycles. The Bertz CT molecular complexity index is 471. The minimum atomic E-state index is 0.172. The fraction of sp³-hybridized carbons (Fsp3) is 0.647. The summed E-state index contributed by atoms with van der Waals surface area (Å²) in [5, 5.41) is 0. The van der Waals surface area contributed by atoms with E-state index in [4.69, 9.17) is 14.2 Å². The van der Waals surface area contributed by atoms with E-state index in [0.717, 1.165) is 51.5 Å². The average molecular weight is 291 g/mol. The van der Waals surface area contributed by atoms with Gasteiger partial charge in [-0.05, 0) is 30.5 Å². The molecule has 2 fully saturated rings. The maximum atomic E-state index is 6.00. The number of ether oxygens (including phenoxy) is 3. The third-order valence-electron chi connectivity index (χ3n) is 4.63. The van der Waals surface area contributed by atoms with Crippen LogP contribution in [0, 0.1) is 5.92 Å². The van der Waals surface area contributed by atoms with Gasteiger partial charge in [-0.15, -0.1) is 0 Å². The highest BCUT2D eigenvalue weighted by atomic mass is 16.5. The van der Waals surface area contributed by atoms with Gasteiger partial charge in [-0.2, -0.15) is 0 Å². The van der Waals surface area contributed by atoms with E-state index in [-0.39, 0.29) is 6.10 Å². The van der Waals surface area contributed by atoms with Crippen LogP contribution in [0.1, 0.15) is 31.4 Å². The van der Waals surface area contributed by atoms with Crippen molar-refractivity contribution in [3.8, 4) is 5.75 Å². The fourth-order valence-electron chi connectivity index (χ4n) is 3.36. The van der Waals surface area contributed by atoms with E-state index in [0.29, 0.717) is 5.92 Å². The van der Waals surface area contributed by atoms with Crippen LogP contribution in [-0.2, 0) is 9.47 Å². The molecule has 4 nitrogen and oxygen atoms in total. The highest BCUT2D eigenvalue weighted by Gasteiger charge is 2.31. The van der Waals surface area contributed by atoms with Gasteiger partial charge in [0.25, 0.3) is 0 Å². The molecule has 4 heteroatoms. The Labute approximate surface area is 127 Å². The van der Waals surface area contributed by atoms with E-state index in [9.17, 15) is 0 Å². The Morgan fingerprint density at radius 2 is 2.05 bits per heavy atom.